The van der Waals surface area contributed by atoms with Gasteiger partial charge in [-0.15, -0.1) is 0 Å². The zero-order chi connectivity index (χ0) is 26.9. The van der Waals surface area contributed by atoms with E-state index in [0.29, 0.717) is 26.4 Å². The first-order chi connectivity index (χ1) is 17.0. The summed E-state index contributed by atoms with van der Waals surface area (Å²) in [6.45, 7) is 23.2. The van der Waals surface area contributed by atoms with Crippen LogP contribution in [0.1, 0.15) is 91.5 Å². The minimum atomic E-state index is -0.561. The van der Waals surface area contributed by atoms with Crippen LogP contribution in [0.5, 0.6) is 0 Å². The SMILES string of the molecule is CCOC(C#Cc1cc(C(C)(C)C)c(C#CC(OCC)OCC)c2ccc(C(C)(C)C)cc12)OCC. The van der Waals surface area contributed by atoms with E-state index in [2.05, 4.69) is 89.5 Å². The van der Waals surface area contributed by atoms with Crippen LogP contribution < -0.4 is 0 Å². The van der Waals surface area contributed by atoms with Gasteiger partial charge in [0.25, 0.3) is 0 Å². The van der Waals surface area contributed by atoms with Crippen LogP contribution in [-0.2, 0) is 29.8 Å². The summed E-state index contributed by atoms with van der Waals surface area (Å²) in [6.07, 6.45) is -1.12. The molecule has 0 aliphatic rings. The molecule has 2 aromatic rings. The summed E-state index contributed by atoms with van der Waals surface area (Å²) in [6, 6.07) is 8.80. The molecule has 0 saturated heterocycles. The monoisotopic (exact) mass is 492 g/mol. The van der Waals surface area contributed by atoms with E-state index >= 15 is 0 Å². The molecule has 0 spiro atoms. The number of hydrogen-bond donors (Lipinski definition) is 0. The van der Waals surface area contributed by atoms with E-state index in [-0.39, 0.29) is 10.8 Å². The molecule has 0 saturated carbocycles. The maximum atomic E-state index is 5.69. The molecule has 0 atom stereocenters. The van der Waals surface area contributed by atoms with Crippen molar-refractivity contribution in [3.05, 3.63) is 46.5 Å². The molecule has 2 aromatic carbocycles. The van der Waals surface area contributed by atoms with Gasteiger partial charge in [0.05, 0.1) is 0 Å². The van der Waals surface area contributed by atoms with Gasteiger partial charge >= 0.3 is 0 Å². The first-order valence-electron chi connectivity index (χ1n) is 13.1. The minimum Gasteiger partial charge on any atom is -0.342 e. The van der Waals surface area contributed by atoms with E-state index < -0.39 is 12.6 Å². The lowest BCUT2D eigenvalue weighted by Gasteiger charge is -2.25. The van der Waals surface area contributed by atoms with Crippen molar-refractivity contribution >= 4 is 10.8 Å². The molecule has 0 aromatic heterocycles. The normalized spacial score (nSPS) is 12.0. The van der Waals surface area contributed by atoms with Gasteiger partial charge in [-0.1, -0.05) is 65.5 Å². The lowest BCUT2D eigenvalue weighted by molar-refractivity contribution is -0.0972. The molecule has 0 aliphatic carbocycles. The second-order valence-corrected chi connectivity index (χ2v) is 10.6. The van der Waals surface area contributed by atoms with E-state index in [0.717, 1.165) is 27.5 Å². The van der Waals surface area contributed by atoms with E-state index in [4.69, 9.17) is 18.9 Å². The summed E-state index contributed by atoms with van der Waals surface area (Å²) >= 11 is 0. The van der Waals surface area contributed by atoms with Crippen LogP contribution in [0.25, 0.3) is 10.8 Å². The molecule has 0 heterocycles. The molecule has 0 amide bonds. The third-order valence-electron chi connectivity index (χ3n) is 5.72. The fraction of sp³-hybridized carbons (Fsp3) is 0.562. The van der Waals surface area contributed by atoms with Crippen LogP contribution in [0.3, 0.4) is 0 Å². The van der Waals surface area contributed by atoms with Crippen LogP contribution in [0, 0.1) is 23.7 Å². The molecule has 0 fully saturated rings. The number of fused-ring (bicyclic) bond motifs is 1. The average molecular weight is 493 g/mol. The van der Waals surface area contributed by atoms with Gasteiger partial charge in [-0.3, -0.25) is 0 Å². The van der Waals surface area contributed by atoms with Crippen molar-refractivity contribution in [1.82, 2.24) is 0 Å². The van der Waals surface area contributed by atoms with Gasteiger partial charge in [-0.25, -0.2) is 0 Å². The maximum absolute atomic E-state index is 5.69. The van der Waals surface area contributed by atoms with E-state index in [1.165, 1.54) is 5.56 Å². The number of benzene rings is 2. The first-order valence-corrected chi connectivity index (χ1v) is 13.1. The molecule has 0 bridgehead atoms. The maximum Gasteiger partial charge on any atom is 0.222 e. The van der Waals surface area contributed by atoms with Crippen molar-refractivity contribution in [2.24, 2.45) is 0 Å². The molecule has 4 heteroatoms. The highest BCUT2D eigenvalue weighted by Crippen LogP contribution is 2.35. The third kappa shape index (κ3) is 8.09. The highest BCUT2D eigenvalue weighted by molar-refractivity contribution is 5.95. The standard InChI is InChI=1S/C32H44O4/c1-11-33-29(34-12-2)19-15-23-21-28(32(8,9)10)26(18-20-30(35-13-3)36-14-4)25-17-16-24(22-27(23)25)31(5,6)7/h16-17,21-22,29-30H,11-14H2,1-10H3. The Balaban J connectivity index is 2.88. The summed E-state index contributed by atoms with van der Waals surface area (Å²) in [5, 5.41) is 2.15. The molecule has 0 N–H and O–H groups in total. The van der Waals surface area contributed by atoms with Crippen LogP contribution in [-0.4, -0.2) is 39.0 Å². The summed E-state index contributed by atoms with van der Waals surface area (Å²) in [5.41, 5.74) is 4.16. The van der Waals surface area contributed by atoms with Crippen molar-refractivity contribution in [2.45, 2.75) is 92.6 Å². The Hall–Kier alpha value is -2.34. The molecule has 4 nitrogen and oxygen atoms in total. The van der Waals surface area contributed by atoms with Crippen LogP contribution in [0.15, 0.2) is 24.3 Å². The number of hydrogen-bond acceptors (Lipinski definition) is 4. The quantitative estimate of drug-likeness (QED) is 0.296. The first kappa shape index (κ1) is 29.9. The summed E-state index contributed by atoms with van der Waals surface area (Å²) in [7, 11) is 0. The van der Waals surface area contributed by atoms with Crippen molar-refractivity contribution < 1.29 is 18.9 Å². The highest BCUT2D eigenvalue weighted by Gasteiger charge is 2.23. The Morgan fingerprint density at radius 1 is 0.639 bits per heavy atom. The van der Waals surface area contributed by atoms with Crippen LogP contribution in [0.4, 0.5) is 0 Å². The lowest BCUT2D eigenvalue weighted by Crippen LogP contribution is -2.17. The fourth-order valence-corrected chi connectivity index (χ4v) is 3.86. The molecule has 196 valence electrons. The van der Waals surface area contributed by atoms with Gasteiger partial charge in [0.2, 0.25) is 12.6 Å². The summed E-state index contributed by atoms with van der Waals surface area (Å²) < 4.78 is 22.7. The predicted octanol–water partition coefficient (Wildman–Crippen LogP) is 6.94. The summed E-state index contributed by atoms with van der Waals surface area (Å²) in [5.74, 6) is 13.2. The molecule has 2 rings (SSSR count). The zero-order valence-electron chi connectivity index (χ0n) is 23.9. The van der Waals surface area contributed by atoms with Gasteiger partial charge < -0.3 is 18.9 Å². The Kier molecular flexibility index (Phi) is 11.0. The molecule has 0 radical (unpaired) electrons. The third-order valence-corrected chi connectivity index (χ3v) is 5.72. The van der Waals surface area contributed by atoms with Crippen molar-refractivity contribution in [1.29, 1.82) is 0 Å². The van der Waals surface area contributed by atoms with Gasteiger partial charge in [0.15, 0.2) is 0 Å². The highest BCUT2D eigenvalue weighted by atomic mass is 16.7. The Labute approximate surface area is 219 Å². The molecular weight excluding hydrogens is 448 g/mol. The van der Waals surface area contributed by atoms with Gasteiger partial charge in [-0.05, 0) is 84.4 Å². The number of ether oxygens (including phenoxy) is 4. The molecule has 0 unspecified atom stereocenters. The number of rotatable bonds is 8. The van der Waals surface area contributed by atoms with Crippen molar-refractivity contribution in [3.63, 3.8) is 0 Å². The average Bonchev–Trinajstić information content (AvgIpc) is 2.80. The smallest absolute Gasteiger partial charge is 0.222 e. The zero-order valence-corrected chi connectivity index (χ0v) is 23.9. The molecule has 36 heavy (non-hydrogen) atoms. The minimum absolute atomic E-state index is 0.00162. The van der Waals surface area contributed by atoms with Gasteiger partial charge in [-0.2, -0.15) is 0 Å². The second-order valence-electron chi connectivity index (χ2n) is 10.6. The van der Waals surface area contributed by atoms with E-state index in [1.54, 1.807) is 0 Å². The largest absolute Gasteiger partial charge is 0.342 e. The second kappa shape index (κ2) is 13.3. The molecule has 0 aliphatic heterocycles. The summed E-state index contributed by atoms with van der Waals surface area (Å²) in [4.78, 5) is 0. The van der Waals surface area contributed by atoms with E-state index in [9.17, 15) is 0 Å². The molecular formula is C32H44O4. The van der Waals surface area contributed by atoms with E-state index in [1.807, 2.05) is 27.7 Å². The fourth-order valence-electron chi connectivity index (χ4n) is 3.86. The Bertz CT molecular complexity index is 1110. The predicted molar refractivity (Wildman–Crippen MR) is 149 cm³/mol. The van der Waals surface area contributed by atoms with Crippen LogP contribution >= 0.6 is 0 Å². The van der Waals surface area contributed by atoms with Crippen LogP contribution in [0.2, 0.25) is 0 Å². The van der Waals surface area contributed by atoms with Crippen molar-refractivity contribution in [2.75, 3.05) is 26.4 Å². The lowest BCUT2D eigenvalue weighted by atomic mass is 9.79. The Morgan fingerprint density at radius 2 is 1.14 bits per heavy atom. The topological polar surface area (TPSA) is 36.9 Å². The Morgan fingerprint density at radius 3 is 1.58 bits per heavy atom. The van der Waals surface area contributed by atoms with Crippen molar-refractivity contribution in [3.8, 4) is 23.7 Å². The van der Waals surface area contributed by atoms with Gasteiger partial charge in [0.1, 0.15) is 0 Å². The van der Waals surface area contributed by atoms with Gasteiger partial charge in [0, 0.05) is 37.6 Å².